The number of sulfone groups is 1. The smallest absolute Gasteiger partial charge is 0.258 e. The molecular formula is C26H20N2O8S. The predicted octanol–water partition coefficient (Wildman–Crippen LogP) is 2.51. The van der Waals surface area contributed by atoms with Crippen molar-refractivity contribution >= 4 is 44.8 Å². The highest BCUT2D eigenvalue weighted by molar-refractivity contribution is 7.91. The van der Waals surface area contributed by atoms with Crippen molar-refractivity contribution in [1.29, 1.82) is 0 Å². The summed E-state index contributed by atoms with van der Waals surface area (Å²) in [7, 11) is -4.19. The maximum atomic E-state index is 13.5. The molecule has 0 unspecified atom stereocenters. The molecule has 37 heavy (non-hydrogen) atoms. The Morgan fingerprint density at radius 2 is 1.00 bits per heavy atom. The van der Waals surface area contributed by atoms with E-state index in [1.54, 1.807) is 0 Å². The van der Waals surface area contributed by atoms with Crippen LogP contribution in [0.15, 0.2) is 95.8 Å². The summed E-state index contributed by atoms with van der Waals surface area (Å²) in [5.74, 6) is -2.42. The lowest BCUT2D eigenvalue weighted by atomic mass is 10.2. The van der Waals surface area contributed by atoms with Crippen molar-refractivity contribution < 1.29 is 37.1 Å². The molecule has 2 aromatic rings. The third-order valence-electron chi connectivity index (χ3n) is 5.30. The van der Waals surface area contributed by atoms with Crippen molar-refractivity contribution in [3.63, 3.8) is 0 Å². The summed E-state index contributed by atoms with van der Waals surface area (Å²) in [6, 6.07) is 7.46. The number of imide groups is 2. The number of amides is 4. The van der Waals surface area contributed by atoms with Gasteiger partial charge < -0.3 is 9.47 Å². The van der Waals surface area contributed by atoms with Crippen LogP contribution in [0, 0.1) is 0 Å². The molecule has 0 aromatic heterocycles. The molecular weight excluding hydrogens is 500 g/mol. The summed E-state index contributed by atoms with van der Waals surface area (Å²) in [6.45, 7) is 7.09. The van der Waals surface area contributed by atoms with Crippen molar-refractivity contribution in [3.05, 3.63) is 86.0 Å². The maximum absolute atomic E-state index is 13.5. The van der Waals surface area contributed by atoms with Crippen LogP contribution in [-0.2, 0) is 29.0 Å². The first kappa shape index (κ1) is 25.3. The van der Waals surface area contributed by atoms with Gasteiger partial charge in [0.2, 0.25) is 9.84 Å². The van der Waals surface area contributed by atoms with Gasteiger partial charge in [0.15, 0.2) is 0 Å². The Hall–Kier alpha value is -4.77. The number of ether oxygens (including phenoxy) is 2. The van der Waals surface area contributed by atoms with Gasteiger partial charge in [0.1, 0.15) is 24.7 Å². The van der Waals surface area contributed by atoms with Crippen molar-refractivity contribution in [2.45, 2.75) is 9.79 Å². The molecule has 0 fully saturated rings. The molecule has 2 aliphatic heterocycles. The Kier molecular flexibility index (Phi) is 6.89. The lowest BCUT2D eigenvalue weighted by Gasteiger charge is -2.20. The molecule has 2 heterocycles. The molecule has 4 amide bonds. The second-order valence-electron chi connectivity index (χ2n) is 7.65. The van der Waals surface area contributed by atoms with E-state index < -0.39 is 33.5 Å². The SMILES string of the molecule is C=CCOc1cc(S(=O)(=O)c2ccc(N3C(=O)C=CC3=O)c(OCC=C)c2)ccc1N1C(=O)C=CC1=O. The number of anilines is 2. The van der Waals surface area contributed by atoms with E-state index in [0.717, 1.165) is 34.1 Å². The van der Waals surface area contributed by atoms with E-state index in [-0.39, 0.29) is 45.9 Å². The standard InChI is InChI=1S/C26H20N2O8S/c1-3-13-35-21-15-17(5-7-19(21)27-23(29)9-10-24(27)30)37(33,34)18-6-8-20(22(16-18)36-14-4-2)28-25(31)11-12-26(28)32/h3-12,15-16H,1-2,13-14H2. The molecule has 10 nitrogen and oxygen atoms in total. The normalized spacial score (nSPS) is 15.0. The molecule has 0 saturated heterocycles. The predicted molar refractivity (Wildman–Crippen MR) is 133 cm³/mol. The number of carbonyl (C=O) groups is 4. The van der Waals surface area contributed by atoms with Crippen LogP contribution in [0.4, 0.5) is 11.4 Å². The fraction of sp³-hybridized carbons (Fsp3) is 0.0769. The average Bonchev–Trinajstić information content (AvgIpc) is 3.40. The highest BCUT2D eigenvalue weighted by atomic mass is 32.2. The lowest BCUT2D eigenvalue weighted by molar-refractivity contribution is -0.121. The van der Waals surface area contributed by atoms with Crippen LogP contribution in [0.5, 0.6) is 11.5 Å². The molecule has 2 aromatic carbocycles. The Morgan fingerprint density at radius 3 is 1.32 bits per heavy atom. The van der Waals surface area contributed by atoms with Crippen LogP contribution in [-0.4, -0.2) is 45.3 Å². The Morgan fingerprint density at radius 1 is 0.649 bits per heavy atom. The first-order chi connectivity index (χ1) is 17.7. The quantitative estimate of drug-likeness (QED) is 0.345. The summed E-state index contributed by atoms with van der Waals surface area (Å²) in [5.41, 5.74) is 0.148. The van der Waals surface area contributed by atoms with Gasteiger partial charge in [-0.1, -0.05) is 25.3 Å². The monoisotopic (exact) mass is 520 g/mol. The topological polar surface area (TPSA) is 127 Å². The molecule has 0 N–H and O–H groups in total. The van der Waals surface area contributed by atoms with Crippen molar-refractivity contribution in [2.24, 2.45) is 0 Å². The van der Waals surface area contributed by atoms with E-state index in [1.807, 2.05) is 0 Å². The van der Waals surface area contributed by atoms with Gasteiger partial charge in [-0.25, -0.2) is 18.2 Å². The van der Waals surface area contributed by atoms with Crippen LogP contribution >= 0.6 is 0 Å². The first-order valence-corrected chi connectivity index (χ1v) is 12.3. The molecule has 0 saturated carbocycles. The molecule has 0 radical (unpaired) electrons. The second-order valence-corrected chi connectivity index (χ2v) is 9.60. The summed E-state index contributed by atoms with van der Waals surface area (Å²) >= 11 is 0. The van der Waals surface area contributed by atoms with Crippen LogP contribution < -0.4 is 19.3 Å². The average molecular weight is 521 g/mol. The van der Waals surface area contributed by atoms with Gasteiger partial charge in [-0.2, -0.15) is 0 Å². The van der Waals surface area contributed by atoms with E-state index in [0.29, 0.717) is 0 Å². The molecule has 0 aliphatic carbocycles. The van der Waals surface area contributed by atoms with Crippen molar-refractivity contribution in [3.8, 4) is 11.5 Å². The lowest BCUT2D eigenvalue weighted by Crippen LogP contribution is -2.30. The minimum Gasteiger partial charge on any atom is -0.487 e. The fourth-order valence-corrected chi connectivity index (χ4v) is 4.92. The van der Waals surface area contributed by atoms with Gasteiger partial charge in [-0.05, 0) is 24.3 Å². The zero-order chi connectivity index (χ0) is 26.7. The zero-order valence-corrected chi connectivity index (χ0v) is 20.1. The molecule has 0 bridgehead atoms. The van der Waals surface area contributed by atoms with E-state index in [9.17, 15) is 27.6 Å². The van der Waals surface area contributed by atoms with Gasteiger partial charge in [-0.15, -0.1) is 0 Å². The zero-order valence-electron chi connectivity index (χ0n) is 19.3. The number of hydrogen-bond donors (Lipinski definition) is 0. The fourth-order valence-electron chi connectivity index (χ4n) is 3.63. The highest BCUT2D eigenvalue weighted by Crippen LogP contribution is 2.38. The van der Waals surface area contributed by atoms with Gasteiger partial charge in [0.25, 0.3) is 23.6 Å². The number of benzene rings is 2. The van der Waals surface area contributed by atoms with Crippen LogP contribution in [0.25, 0.3) is 0 Å². The second kappa shape index (κ2) is 10.1. The summed E-state index contributed by atoms with van der Waals surface area (Å²) in [4.78, 5) is 50.0. The molecule has 188 valence electrons. The number of carbonyl (C=O) groups excluding carboxylic acids is 4. The Balaban J connectivity index is 1.77. The van der Waals surface area contributed by atoms with E-state index in [1.165, 1.54) is 48.6 Å². The Bertz CT molecular complexity index is 1380. The van der Waals surface area contributed by atoms with Crippen molar-refractivity contribution in [2.75, 3.05) is 23.0 Å². The molecule has 4 rings (SSSR count). The van der Waals surface area contributed by atoms with Gasteiger partial charge in [-0.3, -0.25) is 19.2 Å². The minimum atomic E-state index is -4.19. The first-order valence-electron chi connectivity index (χ1n) is 10.8. The van der Waals surface area contributed by atoms with Crippen LogP contribution in [0.2, 0.25) is 0 Å². The van der Waals surface area contributed by atoms with Gasteiger partial charge >= 0.3 is 0 Å². The molecule has 0 spiro atoms. The van der Waals surface area contributed by atoms with Gasteiger partial charge in [0, 0.05) is 36.4 Å². The molecule has 0 atom stereocenters. The third kappa shape index (κ3) is 4.71. The summed E-state index contributed by atoms with van der Waals surface area (Å²) in [6.07, 6.45) is 7.25. The highest BCUT2D eigenvalue weighted by Gasteiger charge is 2.31. The maximum Gasteiger partial charge on any atom is 0.258 e. The third-order valence-corrected chi connectivity index (χ3v) is 7.05. The number of hydrogen-bond acceptors (Lipinski definition) is 8. The summed E-state index contributed by atoms with van der Waals surface area (Å²) < 4.78 is 38.2. The van der Waals surface area contributed by atoms with Gasteiger partial charge in [0.05, 0.1) is 21.2 Å². The van der Waals surface area contributed by atoms with Crippen LogP contribution in [0.1, 0.15) is 0 Å². The van der Waals surface area contributed by atoms with Crippen LogP contribution in [0.3, 0.4) is 0 Å². The number of nitrogens with zero attached hydrogens (tertiary/aromatic N) is 2. The summed E-state index contributed by atoms with van der Waals surface area (Å²) in [5, 5.41) is 0. The molecule has 2 aliphatic rings. The molecule has 11 heteroatoms. The van der Waals surface area contributed by atoms with E-state index >= 15 is 0 Å². The van der Waals surface area contributed by atoms with E-state index in [4.69, 9.17) is 9.47 Å². The minimum absolute atomic E-state index is 0.0136. The largest absolute Gasteiger partial charge is 0.487 e. The van der Waals surface area contributed by atoms with Crippen molar-refractivity contribution in [1.82, 2.24) is 0 Å². The van der Waals surface area contributed by atoms with E-state index in [2.05, 4.69) is 13.2 Å². The Labute approximate surface area is 212 Å². The number of rotatable bonds is 10.